The zero-order chi connectivity index (χ0) is 21.8. The number of alkyl carbamates (subject to hydrolysis) is 1. The van der Waals surface area contributed by atoms with E-state index in [1.54, 1.807) is 20.8 Å². The molecule has 0 saturated heterocycles. The molecule has 11 heteroatoms. The molecule has 0 aliphatic carbocycles. The molecule has 2 rings (SSSR count). The van der Waals surface area contributed by atoms with Crippen molar-refractivity contribution in [1.82, 2.24) is 9.88 Å². The van der Waals surface area contributed by atoms with Gasteiger partial charge in [-0.3, -0.25) is 14.9 Å². The van der Waals surface area contributed by atoms with E-state index >= 15 is 0 Å². The Morgan fingerprint density at radius 2 is 1.97 bits per heavy atom. The number of hydrogen-bond donors (Lipinski definition) is 2. The lowest BCUT2D eigenvalue weighted by molar-refractivity contribution is -0.384. The molecule has 1 amide bonds. The number of aliphatic carboxylic acids is 1. The van der Waals surface area contributed by atoms with Gasteiger partial charge in [-0.15, -0.1) is 0 Å². The number of rotatable bonds is 7. The van der Waals surface area contributed by atoms with Crippen LogP contribution in [-0.2, 0) is 16.1 Å². The molecule has 0 fully saturated rings. The summed E-state index contributed by atoms with van der Waals surface area (Å²) in [7, 11) is 0. The quantitative estimate of drug-likeness (QED) is 0.522. The van der Waals surface area contributed by atoms with Crippen molar-refractivity contribution >= 4 is 28.7 Å². The maximum absolute atomic E-state index is 12.7. The highest BCUT2D eigenvalue weighted by molar-refractivity contribution is 5.83. The second-order valence-electron chi connectivity index (χ2n) is 7.08. The fourth-order valence-electron chi connectivity index (χ4n) is 2.51. The van der Waals surface area contributed by atoms with Crippen LogP contribution in [0.4, 0.5) is 10.5 Å². The van der Waals surface area contributed by atoms with Crippen molar-refractivity contribution in [2.24, 2.45) is 0 Å². The third-order valence-corrected chi connectivity index (χ3v) is 3.61. The fourth-order valence-corrected chi connectivity index (χ4v) is 2.51. The van der Waals surface area contributed by atoms with Gasteiger partial charge in [0.15, 0.2) is 12.4 Å². The van der Waals surface area contributed by atoms with Gasteiger partial charge >= 0.3 is 12.1 Å². The Morgan fingerprint density at radius 1 is 1.28 bits per heavy atom. The molecule has 29 heavy (non-hydrogen) atoms. The number of nitro benzene ring substituents is 1. The molecule has 1 aromatic carbocycles. The first kappa shape index (κ1) is 21.7. The number of non-ortho nitro benzene ring substituents is 1. The number of fused-ring (bicyclic) bond motifs is 1. The van der Waals surface area contributed by atoms with Crippen LogP contribution in [0.5, 0.6) is 5.75 Å². The number of carbonyl (C=O) groups excluding carboxylic acids is 1. The van der Waals surface area contributed by atoms with Crippen molar-refractivity contribution in [3.8, 4) is 5.75 Å². The third kappa shape index (κ3) is 5.92. The smallest absolute Gasteiger partial charge is 0.407 e. The molecule has 156 valence electrons. The maximum atomic E-state index is 12.7. The van der Waals surface area contributed by atoms with Gasteiger partial charge in [-0.05, 0) is 32.9 Å². The molecular formula is C18H21N3O8. The summed E-state index contributed by atoms with van der Waals surface area (Å²) >= 11 is 0. The summed E-state index contributed by atoms with van der Waals surface area (Å²) in [5.74, 6) is -1.54. The SMILES string of the molecule is CC(C)(C)OC(=O)NCCn1c(=O)c(OCC(=O)O)cc2cc([N+](=O)[O-])ccc21. The lowest BCUT2D eigenvalue weighted by Crippen LogP contribution is -2.35. The summed E-state index contributed by atoms with van der Waals surface area (Å²) in [6, 6.07) is 5.16. The normalized spacial score (nSPS) is 11.1. The molecule has 0 aliphatic rings. The number of ether oxygens (including phenoxy) is 2. The average Bonchev–Trinajstić information content (AvgIpc) is 2.59. The lowest BCUT2D eigenvalue weighted by Gasteiger charge is -2.20. The number of nitro groups is 1. The molecule has 2 N–H and O–H groups in total. The van der Waals surface area contributed by atoms with E-state index in [-0.39, 0.29) is 24.5 Å². The zero-order valence-electron chi connectivity index (χ0n) is 16.1. The molecule has 11 nitrogen and oxygen atoms in total. The molecule has 0 radical (unpaired) electrons. The Hall–Kier alpha value is -3.63. The van der Waals surface area contributed by atoms with Crippen LogP contribution >= 0.6 is 0 Å². The average molecular weight is 407 g/mol. The van der Waals surface area contributed by atoms with Crippen LogP contribution in [-0.4, -0.2) is 45.4 Å². The highest BCUT2D eigenvalue weighted by Gasteiger charge is 2.17. The van der Waals surface area contributed by atoms with Crippen molar-refractivity contribution in [3.63, 3.8) is 0 Å². The number of benzene rings is 1. The highest BCUT2D eigenvalue weighted by Crippen LogP contribution is 2.23. The molecule has 1 aromatic heterocycles. The Morgan fingerprint density at radius 3 is 2.55 bits per heavy atom. The van der Waals surface area contributed by atoms with Crippen LogP contribution in [0, 0.1) is 10.1 Å². The number of aromatic nitrogens is 1. The molecule has 2 aromatic rings. The summed E-state index contributed by atoms with van der Waals surface area (Å²) in [4.78, 5) is 45.7. The van der Waals surface area contributed by atoms with E-state index < -0.39 is 34.8 Å². The fraction of sp³-hybridized carbons (Fsp3) is 0.389. The van der Waals surface area contributed by atoms with Gasteiger partial charge in [-0.2, -0.15) is 0 Å². The van der Waals surface area contributed by atoms with Crippen molar-refractivity contribution in [1.29, 1.82) is 0 Å². The first-order valence-electron chi connectivity index (χ1n) is 8.61. The predicted octanol–water partition coefficient (Wildman–Crippen LogP) is 1.90. The van der Waals surface area contributed by atoms with Crippen LogP contribution in [0.15, 0.2) is 29.1 Å². The van der Waals surface area contributed by atoms with Crippen LogP contribution in [0.3, 0.4) is 0 Å². The lowest BCUT2D eigenvalue weighted by atomic mass is 10.2. The summed E-state index contributed by atoms with van der Waals surface area (Å²) in [6.45, 7) is 4.42. The molecule has 1 heterocycles. The first-order valence-corrected chi connectivity index (χ1v) is 8.61. The van der Waals surface area contributed by atoms with E-state index in [0.717, 1.165) is 0 Å². The van der Waals surface area contributed by atoms with Gasteiger partial charge in [0.1, 0.15) is 5.60 Å². The van der Waals surface area contributed by atoms with E-state index in [1.165, 1.54) is 28.8 Å². The molecule has 0 spiro atoms. The number of carboxylic acid groups (broad SMARTS) is 1. The summed E-state index contributed by atoms with van der Waals surface area (Å²) in [5, 5.41) is 22.6. The van der Waals surface area contributed by atoms with Crippen molar-refractivity contribution in [2.45, 2.75) is 32.9 Å². The Bertz CT molecular complexity index is 1010. The number of carbonyl (C=O) groups is 2. The second kappa shape index (κ2) is 8.59. The van der Waals surface area contributed by atoms with E-state index in [4.69, 9.17) is 14.6 Å². The van der Waals surface area contributed by atoms with Crippen molar-refractivity contribution in [2.75, 3.05) is 13.2 Å². The Labute approximate surface area is 165 Å². The van der Waals surface area contributed by atoms with E-state index in [9.17, 15) is 24.5 Å². The number of pyridine rings is 1. The topological polar surface area (TPSA) is 150 Å². The maximum Gasteiger partial charge on any atom is 0.407 e. The van der Waals surface area contributed by atoms with Gasteiger partial charge < -0.3 is 24.5 Å². The molecule has 0 unspecified atom stereocenters. The minimum Gasteiger partial charge on any atom is -0.479 e. The van der Waals surface area contributed by atoms with E-state index in [2.05, 4.69) is 5.32 Å². The Kier molecular flexibility index (Phi) is 6.42. The van der Waals surface area contributed by atoms with Gasteiger partial charge in [-0.1, -0.05) is 0 Å². The molecular weight excluding hydrogens is 386 g/mol. The van der Waals surface area contributed by atoms with E-state index in [1.807, 2.05) is 0 Å². The minimum atomic E-state index is -1.28. The molecule has 0 bridgehead atoms. The van der Waals surface area contributed by atoms with Gasteiger partial charge in [0.25, 0.3) is 11.2 Å². The van der Waals surface area contributed by atoms with Gasteiger partial charge in [0, 0.05) is 30.6 Å². The number of nitrogens with zero attached hydrogens (tertiary/aromatic N) is 2. The number of hydrogen-bond acceptors (Lipinski definition) is 7. The standard InChI is InChI=1S/C18H21N3O8/c1-18(2,3)29-17(25)19-6-7-20-13-5-4-12(21(26)27)8-11(13)9-14(16(20)24)28-10-15(22)23/h4-5,8-9H,6-7,10H2,1-3H3,(H,19,25)(H,22,23). The van der Waals surface area contributed by atoms with Gasteiger partial charge in [0.2, 0.25) is 0 Å². The molecule has 0 saturated carbocycles. The monoisotopic (exact) mass is 407 g/mol. The summed E-state index contributed by atoms with van der Waals surface area (Å²) in [6.07, 6.45) is -0.663. The largest absolute Gasteiger partial charge is 0.479 e. The minimum absolute atomic E-state index is 0.0106. The predicted molar refractivity (Wildman–Crippen MR) is 102 cm³/mol. The third-order valence-electron chi connectivity index (χ3n) is 3.61. The van der Waals surface area contributed by atoms with Crippen LogP contribution in [0.25, 0.3) is 10.9 Å². The Balaban J connectivity index is 2.36. The zero-order valence-corrected chi connectivity index (χ0v) is 16.1. The number of carboxylic acids is 1. The van der Waals surface area contributed by atoms with Gasteiger partial charge in [0.05, 0.1) is 10.4 Å². The molecule has 0 aliphatic heterocycles. The van der Waals surface area contributed by atoms with Crippen LogP contribution in [0.2, 0.25) is 0 Å². The second-order valence-corrected chi connectivity index (χ2v) is 7.08. The summed E-state index contributed by atoms with van der Waals surface area (Å²) in [5.41, 5.74) is -1.14. The highest BCUT2D eigenvalue weighted by atomic mass is 16.6. The number of nitrogens with one attached hydrogen (secondary N) is 1. The van der Waals surface area contributed by atoms with Crippen molar-refractivity contribution in [3.05, 3.63) is 44.7 Å². The van der Waals surface area contributed by atoms with Crippen molar-refractivity contribution < 1.29 is 29.1 Å². The van der Waals surface area contributed by atoms with E-state index in [0.29, 0.717) is 10.9 Å². The molecule has 0 atom stereocenters. The van der Waals surface area contributed by atoms with Crippen LogP contribution in [0.1, 0.15) is 20.8 Å². The summed E-state index contributed by atoms with van der Waals surface area (Å²) < 4.78 is 11.4. The first-order chi connectivity index (χ1) is 13.5. The van der Waals surface area contributed by atoms with Gasteiger partial charge in [-0.25, -0.2) is 9.59 Å². The number of amides is 1. The van der Waals surface area contributed by atoms with Crippen LogP contribution < -0.4 is 15.6 Å².